The van der Waals surface area contributed by atoms with Crippen molar-refractivity contribution >= 4 is 30.7 Å². The first-order chi connectivity index (χ1) is 9.85. The van der Waals surface area contributed by atoms with E-state index in [-0.39, 0.29) is 0 Å². The van der Waals surface area contributed by atoms with Crippen LogP contribution in [0.3, 0.4) is 0 Å². The van der Waals surface area contributed by atoms with Gasteiger partial charge in [0.25, 0.3) is 0 Å². The number of hydrogen-bond donors (Lipinski definition) is 1. The van der Waals surface area contributed by atoms with E-state index in [1.165, 1.54) is 20.3 Å². The summed E-state index contributed by atoms with van der Waals surface area (Å²) < 4.78 is 1.29. The molecular weight excluding hydrogens is 387 g/mol. The molecule has 0 atom stereocenters. The zero-order valence-electron chi connectivity index (χ0n) is 13.5. The molecule has 0 aliphatic carbocycles. The van der Waals surface area contributed by atoms with Crippen LogP contribution in [0.15, 0.2) is 12.1 Å². The molecule has 0 bridgehead atoms. The van der Waals surface area contributed by atoms with E-state index in [0.717, 1.165) is 32.7 Å². The number of benzene rings is 1. The second-order valence-corrected chi connectivity index (χ2v) is 12.8. The molecule has 114 valence electrons. The lowest BCUT2D eigenvalue weighted by atomic mass is 10.0. The average Bonchev–Trinajstić information content (AvgIpc) is 2.41. The highest BCUT2D eigenvalue weighted by Crippen LogP contribution is 2.20. The molecule has 0 spiro atoms. The molecule has 1 aliphatic rings. The number of nitrogens with zero attached hydrogens (tertiary/aromatic N) is 1. The van der Waals surface area contributed by atoms with Crippen LogP contribution in [0.2, 0.25) is 19.6 Å². The summed E-state index contributed by atoms with van der Waals surface area (Å²) >= 11 is 2.42. The van der Waals surface area contributed by atoms with Crippen molar-refractivity contribution in [3.05, 3.63) is 32.4 Å². The third kappa shape index (κ3) is 5.40. The van der Waals surface area contributed by atoms with Crippen LogP contribution in [0, 0.1) is 22.0 Å². The van der Waals surface area contributed by atoms with Gasteiger partial charge < -0.3 is 5.32 Å². The zero-order chi connectivity index (χ0) is 15.5. The number of nitrogens with one attached hydrogen (secondary N) is 1. The minimum Gasteiger partial charge on any atom is -0.314 e. The van der Waals surface area contributed by atoms with Crippen molar-refractivity contribution in [1.82, 2.24) is 10.2 Å². The summed E-state index contributed by atoms with van der Waals surface area (Å²) in [5, 5.41) is 3.41. The van der Waals surface area contributed by atoms with Gasteiger partial charge in [-0.25, -0.2) is 0 Å². The highest BCUT2D eigenvalue weighted by Gasteiger charge is 2.13. The standard InChI is InChI=1S/C17H25IN2Si/c1-14-15(5-10-21(2,3)4)11-17(18)12-16(14)13-20-8-6-19-7-9-20/h11-12,19H,6-9,13H2,1-4H3. The molecule has 21 heavy (non-hydrogen) atoms. The van der Waals surface area contributed by atoms with Crippen LogP contribution in [0.4, 0.5) is 0 Å². The highest BCUT2D eigenvalue weighted by molar-refractivity contribution is 14.1. The lowest BCUT2D eigenvalue weighted by Crippen LogP contribution is -2.43. The number of halogens is 1. The van der Waals surface area contributed by atoms with Gasteiger partial charge in [-0.2, -0.15) is 0 Å². The maximum Gasteiger partial charge on any atom is 0.129 e. The van der Waals surface area contributed by atoms with Gasteiger partial charge in [0.2, 0.25) is 0 Å². The molecule has 0 radical (unpaired) electrons. The van der Waals surface area contributed by atoms with Crippen LogP contribution >= 0.6 is 22.6 Å². The smallest absolute Gasteiger partial charge is 0.129 e. The normalized spacial score (nSPS) is 16.4. The first-order valence-corrected chi connectivity index (χ1v) is 12.2. The Hall–Kier alpha value is -0.353. The molecule has 0 saturated carbocycles. The summed E-state index contributed by atoms with van der Waals surface area (Å²) in [7, 11) is -1.32. The first kappa shape index (κ1) is 17.0. The molecule has 2 nitrogen and oxygen atoms in total. The summed E-state index contributed by atoms with van der Waals surface area (Å²) in [6, 6.07) is 4.54. The molecule has 1 saturated heterocycles. The SMILES string of the molecule is Cc1c(C#C[Si](C)(C)C)cc(I)cc1CN1CCNCC1. The van der Waals surface area contributed by atoms with Crippen molar-refractivity contribution in [2.24, 2.45) is 0 Å². The fourth-order valence-corrected chi connectivity index (χ4v) is 3.59. The second-order valence-electron chi connectivity index (χ2n) is 6.76. The Morgan fingerprint density at radius 1 is 1.24 bits per heavy atom. The number of hydrogen-bond acceptors (Lipinski definition) is 2. The van der Waals surface area contributed by atoms with Crippen molar-refractivity contribution in [3.8, 4) is 11.5 Å². The van der Waals surface area contributed by atoms with Crippen molar-refractivity contribution < 1.29 is 0 Å². The minimum atomic E-state index is -1.32. The van der Waals surface area contributed by atoms with E-state index < -0.39 is 8.07 Å². The van der Waals surface area contributed by atoms with Gasteiger partial charge in [0.05, 0.1) is 0 Å². The van der Waals surface area contributed by atoms with Gasteiger partial charge in [-0.05, 0) is 52.8 Å². The lowest BCUT2D eigenvalue weighted by molar-refractivity contribution is 0.233. The molecule has 0 amide bonds. The van der Waals surface area contributed by atoms with Crippen molar-refractivity contribution in [2.75, 3.05) is 26.2 Å². The van der Waals surface area contributed by atoms with Crippen LogP contribution in [-0.4, -0.2) is 39.2 Å². The minimum absolute atomic E-state index is 1.05. The Labute approximate surface area is 143 Å². The molecule has 2 rings (SSSR count). The van der Waals surface area contributed by atoms with E-state index in [1.807, 2.05) is 0 Å². The van der Waals surface area contributed by atoms with Gasteiger partial charge in [0.1, 0.15) is 8.07 Å². The van der Waals surface area contributed by atoms with Gasteiger partial charge in [0, 0.05) is 41.9 Å². The Morgan fingerprint density at radius 3 is 2.52 bits per heavy atom. The monoisotopic (exact) mass is 412 g/mol. The second kappa shape index (κ2) is 7.27. The van der Waals surface area contributed by atoms with Crippen LogP contribution in [0.25, 0.3) is 0 Å². The van der Waals surface area contributed by atoms with Gasteiger partial charge >= 0.3 is 0 Å². The molecule has 1 N–H and O–H groups in total. The predicted molar refractivity (Wildman–Crippen MR) is 102 cm³/mol. The van der Waals surface area contributed by atoms with Crippen LogP contribution in [-0.2, 0) is 6.54 Å². The molecule has 4 heteroatoms. The summed E-state index contributed by atoms with van der Waals surface area (Å²) in [6.45, 7) is 14.6. The third-order valence-corrected chi connectivity index (χ3v) is 5.15. The average molecular weight is 412 g/mol. The topological polar surface area (TPSA) is 15.3 Å². The molecule has 1 fully saturated rings. The van der Waals surface area contributed by atoms with E-state index in [4.69, 9.17) is 0 Å². The van der Waals surface area contributed by atoms with Crippen LogP contribution in [0.1, 0.15) is 16.7 Å². The van der Waals surface area contributed by atoms with E-state index in [1.54, 1.807) is 0 Å². The Kier molecular flexibility index (Phi) is 5.89. The summed E-state index contributed by atoms with van der Waals surface area (Å²) in [4.78, 5) is 2.53. The number of piperazine rings is 1. The summed E-state index contributed by atoms with van der Waals surface area (Å²) in [5.74, 6) is 3.45. The third-order valence-electron chi connectivity index (χ3n) is 3.66. The fourth-order valence-electron chi connectivity index (χ4n) is 2.39. The predicted octanol–water partition coefficient (Wildman–Crippen LogP) is 3.23. The van der Waals surface area contributed by atoms with Gasteiger partial charge in [0.15, 0.2) is 0 Å². The molecule has 0 unspecified atom stereocenters. The number of rotatable bonds is 2. The van der Waals surface area contributed by atoms with Crippen molar-refractivity contribution in [2.45, 2.75) is 33.1 Å². The van der Waals surface area contributed by atoms with E-state index in [9.17, 15) is 0 Å². The van der Waals surface area contributed by atoms with E-state index in [0.29, 0.717) is 0 Å². The Bertz CT molecular complexity index is 561. The van der Waals surface area contributed by atoms with Crippen molar-refractivity contribution in [3.63, 3.8) is 0 Å². The van der Waals surface area contributed by atoms with Crippen molar-refractivity contribution in [1.29, 1.82) is 0 Å². The quantitative estimate of drug-likeness (QED) is 0.456. The molecular formula is C17H25IN2Si. The van der Waals surface area contributed by atoms with Gasteiger partial charge in [-0.1, -0.05) is 25.6 Å². The molecule has 1 aromatic rings. The van der Waals surface area contributed by atoms with E-state index >= 15 is 0 Å². The Balaban J connectivity index is 2.25. The highest BCUT2D eigenvalue weighted by atomic mass is 127. The molecule has 1 heterocycles. The van der Waals surface area contributed by atoms with Crippen LogP contribution < -0.4 is 5.32 Å². The lowest BCUT2D eigenvalue weighted by Gasteiger charge is -2.28. The molecule has 1 aliphatic heterocycles. The van der Waals surface area contributed by atoms with Gasteiger partial charge in [-0.3, -0.25) is 4.90 Å². The maximum atomic E-state index is 3.50. The van der Waals surface area contributed by atoms with Crippen LogP contribution in [0.5, 0.6) is 0 Å². The Morgan fingerprint density at radius 2 is 1.90 bits per heavy atom. The zero-order valence-corrected chi connectivity index (χ0v) is 16.7. The van der Waals surface area contributed by atoms with Gasteiger partial charge in [-0.15, -0.1) is 5.54 Å². The molecule has 1 aromatic carbocycles. The summed E-state index contributed by atoms with van der Waals surface area (Å²) in [6.07, 6.45) is 0. The maximum absolute atomic E-state index is 3.50. The fraction of sp³-hybridized carbons (Fsp3) is 0.529. The first-order valence-electron chi connectivity index (χ1n) is 7.60. The van der Waals surface area contributed by atoms with E-state index in [2.05, 4.69) is 83.0 Å². The summed E-state index contributed by atoms with van der Waals surface area (Å²) in [5.41, 5.74) is 7.51. The largest absolute Gasteiger partial charge is 0.314 e. The molecule has 0 aromatic heterocycles.